The number of anilines is 1. The number of amides is 1. The van der Waals surface area contributed by atoms with E-state index in [0.29, 0.717) is 12.2 Å². The normalized spacial score (nSPS) is 11.6. The molecule has 1 atom stereocenters. The smallest absolute Gasteiger partial charge is 0.292 e. The van der Waals surface area contributed by atoms with Crippen LogP contribution in [0.2, 0.25) is 0 Å². The SMILES string of the molecule is C[C@H](c1ccccc1)N(C)C(=O)CCNc1ccccc1[N+](=O)[O-]. The van der Waals surface area contributed by atoms with Gasteiger partial charge in [0.1, 0.15) is 5.69 Å². The Labute approximate surface area is 141 Å². The van der Waals surface area contributed by atoms with Crippen LogP contribution in [0, 0.1) is 10.1 Å². The molecule has 2 aromatic rings. The van der Waals surface area contributed by atoms with Crippen LogP contribution >= 0.6 is 0 Å². The van der Waals surface area contributed by atoms with Crippen LogP contribution in [0.4, 0.5) is 11.4 Å². The summed E-state index contributed by atoms with van der Waals surface area (Å²) in [6, 6.07) is 16.2. The zero-order chi connectivity index (χ0) is 17.5. The molecule has 0 spiro atoms. The maximum absolute atomic E-state index is 12.3. The van der Waals surface area contributed by atoms with Crippen LogP contribution in [-0.2, 0) is 4.79 Å². The summed E-state index contributed by atoms with van der Waals surface area (Å²) in [6.45, 7) is 2.32. The average Bonchev–Trinajstić information content (AvgIpc) is 2.61. The first-order valence-corrected chi connectivity index (χ1v) is 7.78. The third kappa shape index (κ3) is 4.32. The minimum atomic E-state index is -0.437. The highest BCUT2D eigenvalue weighted by atomic mass is 16.6. The molecule has 2 rings (SSSR count). The number of nitro benzene ring substituents is 1. The number of hydrogen-bond acceptors (Lipinski definition) is 4. The van der Waals surface area contributed by atoms with Gasteiger partial charge < -0.3 is 10.2 Å². The van der Waals surface area contributed by atoms with E-state index in [1.807, 2.05) is 37.3 Å². The summed E-state index contributed by atoms with van der Waals surface area (Å²) in [6.07, 6.45) is 0.264. The van der Waals surface area contributed by atoms with Gasteiger partial charge in [-0.05, 0) is 18.6 Å². The molecule has 0 saturated carbocycles. The summed E-state index contributed by atoms with van der Waals surface area (Å²) in [7, 11) is 1.77. The van der Waals surface area contributed by atoms with Gasteiger partial charge in [0, 0.05) is 26.1 Å². The summed E-state index contributed by atoms with van der Waals surface area (Å²) in [5.74, 6) is -0.0163. The second kappa shape index (κ2) is 8.10. The summed E-state index contributed by atoms with van der Waals surface area (Å²) >= 11 is 0. The summed E-state index contributed by atoms with van der Waals surface area (Å²) in [5, 5.41) is 13.9. The molecular formula is C18H21N3O3. The second-order valence-electron chi connectivity index (χ2n) is 5.54. The molecule has 0 unspecified atom stereocenters. The van der Waals surface area contributed by atoms with Crippen molar-refractivity contribution in [2.24, 2.45) is 0 Å². The van der Waals surface area contributed by atoms with E-state index in [1.165, 1.54) is 6.07 Å². The molecule has 0 aliphatic rings. The fraction of sp³-hybridized carbons (Fsp3) is 0.278. The lowest BCUT2D eigenvalue weighted by atomic mass is 10.1. The number of benzene rings is 2. The van der Waals surface area contributed by atoms with Crippen molar-refractivity contribution >= 4 is 17.3 Å². The Morgan fingerprint density at radius 1 is 1.17 bits per heavy atom. The lowest BCUT2D eigenvalue weighted by Crippen LogP contribution is -2.30. The Morgan fingerprint density at radius 3 is 2.46 bits per heavy atom. The van der Waals surface area contributed by atoms with Gasteiger partial charge in [-0.3, -0.25) is 14.9 Å². The highest BCUT2D eigenvalue weighted by molar-refractivity contribution is 5.77. The molecule has 1 N–H and O–H groups in total. The summed E-state index contributed by atoms with van der Waals surface area (Å²) < 4.78 is 0. The Hall–Kier alpha value is -2.89. The highest BCUT2D eigenvalue weighted by Gasteiger charge is 2.17. The van der Waals surface area contributed by atoms with E-state index in [-0.39, 0.29) is 24.1 Å². The number of nitro groups is 1. The molecule has 0 fully saturated rings. The van der Waals surface area contributed by atoms with Gasteiger partial charge >= 0.3 is 0 Å². The van der Waals surface area contributed by atoms with Gasteiger partial charge in [0.15, 0.2) is 0 Å². The van der Waals surface area contributed by atoms with Crippen LogP contribution in [-0.4, -0.2) is 29.3 Å². The third-order valence-corrected chi connectivity index (χ3v) is 4.01. The van der Waals surface area contributed by atoms with E-state index in [9.17, 15) is 14.9 Å². The minimum absolute atomic E-state index is 0.0101. The number of nitrogens with zero attached hydrogens (tertiary/aromatic N) is 2. The summed E-state index contributed by atoms with van der Waals surface area (Å²) in [5.41, 5.74) is 1.50. The average molecular weight is 327 g/mol. The molecule has 0 aliphatic carbocycles. The van der Waals surface area contributed by atoms with Gasteiger partial charge in [-0.2, -0.15) is 0 Å². The largest absolute Gasteiger partial charge is 0.379 e. The fourth-order valence-corrected chi connectivity index (χ4v) is 2.43. The van der Waals surface area contributed by atoms with E-state index in [4.69, 9.17) is 0 Å². The fourth-order valence-electron chi connectivity index (χ4n) is 2.43. The standard InChI is InChI=1S/C18H21N3O3/c1-14(15-8-4-3-5-9-15)20(2)18(22)12-13-19-16-10-6-7-11-17(16)21(23)24/h3-11,14,19H,12-13H2,1-2H3/t14-/m1/s1. The molecule has 1 amide bonds. The van der Waals surface area contributed by atoms with Gasteiger partial charge in [0.05, 0.1) is 11.0 Å². The Bertz CT molecular complexity index is 704. The lowest BCUT2D eigenvalue weighted by molar-refractivity contribution is -0.384. The lowest BCUT2D eigenvalue weighted by Gasteiger charge is -2.25. The molecule has 0 aromatic heterocycles. The molecule has 0 heterocycles. The van der Waals surface area contributed by atoms with Crippen LogP contribution < -0.4 is 5.32 Å². The van der Waals surface area contributed by atoms with Crippen molar-refractivity contribution in [2.75, 3.05) is 18.9 Å². The van der Waals surface area contributed by atoms with Gasteiger partial charge in [-0.15, -0.1) is 0 Å². The number of para-hydroxylation sites is 2. The predicted octanol–water partition coefficient (Wildman–Crippen LogP) is 3.62. The zero-order valence-corrected chi connectivity index (χ0v) is 13.8. The van der Waals surface area contributed by atoms with Gasteiger partial charge in [-0.1, -0.05) is 42.5 Å². The number of hydrogen-bond donors (Lipinski definition) is 1. The predicted molar refractivity (Wildman–Crippen MR) is 93.8 cm³/mol. The van der Waals surface area contributed by atoms with Crippen LogP contribution in [0.5, 0.6) is 0 Å². The Balaban J connectivity index is 1.90. The van der Waals surface area contributed by atoms with E-state index in [2.05, 4.69) is 5.32 Å². The van der Waals surface area contributed by atoms with Gasteiger partial charge in [0.25, 0.3) is 5.69 Å². The Morgan fingerprint density at radius 2 is 1.79 bits per heavy atom. The van der Waals surface area contributed by atoms with Crippen LogP contribution in [0.25, 0.3) is 0 Å². The first-order valence-electron chi connectivity index (χ1n) is 7.78. The van der Waals surface area contributed by atoms with E-state index >= 15 is 0 Å². The maximum Gasteiger partial charge on any atom is 0.292 e. The van der Waals surface area contributed by atoms with Crippen LogP contribution in [0.3, 0.4) is 0 Å². The first kappa shape index (κ1) is 17.5. The topological polar surface area (TPSA) is 75.5 Å². The molecule has 24 heavy (non-hydrogen) atoms. The Kier molecular flexibility index (Phi) is 5.89. The van der Waals surface area contributed by atoms with Crippen molar-refractivity contribution in [3.63, 3.8) is 0 Å². The molecule has 2 aromatic carbocycles. The first-order chi connectivity index (χ1) is 11.5. The van der Waals surface area contributed by atoms with Crippen molar-refractivity contribution in [1.29, 1.82) is 0 Å². The highest BCUT2D eigenvalue weighted by Crippen LogP contribution is 2.23. The molecule has 0 radical (unpaired) electrons. The zero-order valence-electron chi connectivity index (χ0n) is 13.8. The van der Waals surface area contributed by atoms with Crippen molar-refractivity contribution in [2.45, 2.75) is 19.4 Å². The molecule has 0 aliphatic heterocycles. The van der Waals surface area contributed by atoms with Crippen LogP contribution in [0.15, 0.2) is 54.6 Å². The molecule has 6 nitrogen and oxygen atoms in total. The number of nitrogens with one attached hydrogen (secondary N) is 1. The van der Waals surface area contributed by atoms with Crippen molar-refractivity contribution in [3.05, 3.63) is 70.3 Å². The maximum atomic E-state index is 12.3. The van der Waals surface area contributed by atoms with E-state index < -0.39 is 4.92 Å². The minimum Gasteiger partial charge on any atom is -0.379 e. The molecule has 6 heteroatoms. The molecule has 126 valence electrons. The van der Waals surface area contributed by atoms with Crippen molar-refractivity contribution < 1.29 is 9.72 Å². The number of carbonyl (C=O) groups excluding carboxylic acids is 1. The molecular weight excluding hydrogens is 306 g/mol. The van der Waals surface area contributed by atoms with Crippen molar-refractivity contribution in [1.82, 2.24) is 4.90 Å². The number of carbonyl (C=O) groups is 1. The van der Waals surface area contributed by atoms with Crippen LogP contribution in [0.1, 0.15) is 24.9 Å². The molecule has 0 saturated heterocycles. The number of rotatable bonds is 7. The van der Waals surface area contributed by atoms with Crippen molar-refractivity contribution in [3.8, 4) is 0 Å². The summed E-state index contributed by atoms with van der Waals surface area (Å²) in [4.78, 5) is 24.5. The second-order valence-corrected chi connectivity index (χ2v) is 5.54. The monoisotopic (exact) mass is 327 g/mol. The van der Waals surface area contributed by atoms with Gasteiger partial charge in [-0.25, -0.2) is 0 Å². The third-order valence-electron chi connectivity index (χ3n) is 4.01. The quantitative estimate of drug-likeness (QED) is 0.622. The molecule has 0 bridgehead atoms. The van der Waals surface area contributed by atoms with Gasteiger partial charge in [0.2, 0.25) is 5.91 Å². The van der Waals surface area contributed by atoms with E-state index in [0.717, 1.165) is 5.56 Å². The van der Waals surface area contributed by atoms with E-state index in [1.54, 1.807) is 30.1 Å².